The molecule has 5 heteroatoms. The molecule has 2 rings (SSSR count). The normalized spacial score (nSPS) is 10.4. The molecule has 2 aromatic rings. The molecule has 0 aliphatic carbocycles. The number of halogens is 3. The van der Waals surface area contributed by atoms with Gasteiger partial charge < -0.3 is 9.47 Å². The third kappa shape index (κ3) is 3.90. The number of ether oxygens (including phenoxy) is 2. The predicted octanol–water partition coefficient (Wildman–Crippen LogP) is 5.59. The summed E-state index contributed by atoms with van der Waals surface area (Å²) in [6, 6.07) is 11.7. The van der Waals surface area contributed by atoms with Crippen molar-refractivity contribution >= 4 is 43.5 Å². The Bertz CT molecular complexity index is 602. The summed E-state index contributed by atoms with van der Waals surface area (Å²) in [6.45, 7) is 0.434. The quantitative estimate of drug-likeness (QED) is 0.588. The SMILES string of the molecule is COc1cc(CBr)cc(Cl)c1OCc1cccc(Br)c1. The van der Waals surface area contributed by atoms with Gasteiger partial charge in [-0.05, 0) is 35.4 Å². The molecule has 0 spiro atoms. The van der Waals surface area contributed by atoms with E-state index in [9.17, 15) is 0 Å². The van der Waals surface area contributed by atoms with Crippen LogP contribution in [0.3, 0.4) is 0 Å². The zero-order chi connectivity index (χ0) is 14.5. The smallest absolute Gasteiger partial charge is 0.180 e. The van der Waals surface area contributed by atoms with Crippen LogP contribution in [0.2, 0.25) is 5.02 Å². The second kappa shape index (κ2) is 7.34. The molecule has 20 heavy (non-hydrogen) atoms. The summed E-state index contributed by atoms with van der Waals surface area (Å²) in [5.74, 6) is 1.21. The van der Waals surface area contributed by atoms with E-state index in [1.165, 1.54) is 0 Å². The number of methoxy groups -OCH3 is 1. The van der Waals surface area contributed by atoms with E-state index < -0.39 is 0 Å². The lowest BCUT2D eigenvalue weighted by molar-refractivity contribution is 0.284. The van der Waals surface area contributed by atoms with Gasteiger partial charge in [-0.15, -0.1) is 0 Å². The minimum absolute atomic E-state index is 0.434. The maximum atomic E-state index is 6.25. The maximum Gasteiger partial charge on any atom is 0.180 e. The molecule has 0 amide bonds. The second-order valence-corrected chi connectivity index (χ2v) is 6.04. The third-order valence-corrected chi connectivity index (χ3v) is 4.14. The molecule has 0 bridgehead atoms. The third-order valence-electron chi connectivity index (χ3n) is 2.72. The number of hydrogen-bond donors (Lipinski definition) is 0. The minimum atomic E-state index is 0.434. The molecule has 0 unspecified atom stereocenters. The fourth-order valence-electron chi connectivity index (χ4n) is 1.77. The van der Waals surface area contributed by atoms with Crippen molar-refractivity contribution in [2.24, 2.45) is 0 Å². The molecule has 2 nitrogen and oxygen atoms in total. The molecule has 0 heterocycles. The second-order valence-electron chi connectivity index (χ2n) is 4.16. The summed E-state index contributed by atoms with van der Waals surface area (Å²) in [4.78, 5) is 0. The van der Waals surface area contributed by atoms with Crippen LogP contribution in [0, 0.1) is 0 Å². The Hall–Kier alpha value is -0.710. The number of hydrogen-bond acceptors (Lipinski definition) is 2. The summed E-state index contributed by atoms with van der Waals surface area (Å²) in [6.07, 6.45) is 0. The van der Waals surface area contributed by atoms with Crippen molar-refractivity contribution in [3.05, 3.63) is 57.0 Å². The summed E-state index contributed by atoms with van der Waals surface area (Å²) in [7, 11) is 1.61. The molecule has 0 aliphatic heterocycles. The van der Waals surface area contributed by atoms with Crippen molar-refractivity contribution in [1.82, 2.24) is 0 Å². The Morgan fingerprint density at radius 3 is 2.60 bits per heavy atom. The molecule has 0 fully saturated rings. The number of alkyl halides is 1. The van der Waals surface area contributed by atoms with Crippen LogP contribution in [0.4, 0.5) is 0 Å². The highest BCUT2D eigenvalue weighted by molar-refractivity contribution is 9.10. The molecule has 2 aromatic carbocycles. The van der Waals surface area contributed by atoms with Gasteiger partial charge >= 0.3 is 0 Å². The van der Waals surface area contributed by atoms with Crippen LogP contribution in [0.15, 0.2) is 40.9 Å². The van der Waals surface area contributed by atoms with E-state index >= 15 is 0 Å². The summed E-state index contributed by atoms with van der Waals surface area (Å²) < 4.78 is 12.2. The summed E-state index contributed by atoms with van der Waals surface area (Å²) >= 11 is 13.1. The van der Waals surface area contributed by atoms with Crippen molar-refractivity contribution in [2.75, 3.05) is 7.11 Å². The highest BCUT2D eigenvalue weighted by Crippen LogP contribution is 2.37. The van der Waals surface area contributed by atoms with Crippen LogP contribution < -0.4 is 9.47 Å². The van der Waals surface area contributed by atoms with Crippen LogP contribution in [0.1, 0.15) is 11.1 Å². The standard InChI is InChI=1S/C15H13Br2ClO2/c1-19-14-7-11(8-16)6-13(18)15(14)20-9-10-3-2-4-12(17)5-10/h2-7H,8-9H2,1H3. The van der Waals surface area contributed by atoms with Gasteiger partial charge in [-0.1, -0.05) is 55.6 Å². The largest absolute Gasteiger partial charge is 0.493 e. The molecule has 0 aliphatic rings. The van der Waals surface area contributed by atoms with Crippen molar-refractivity contribution in [3.63, 3.8) is 0 Å². The van der Waals surface area contributed by atoms with Crippen molar-refractivity contribution in [1.29, 1.82) is 0 Å². The van der Waals surface area contributed by atoms with E-state index in [0.717, 1.165) is 20.9 Å². The lowest BCUT2D eigenvalue weighted by Gasteiger charge is -2.13. The van der Waals surface area contributed by atoms with E-state index in [1.807, 2.05) is 36.4 Å². The zero-order valence-corrected chi connectivity index (χ0v) is 14.8. The van der Waals surface area contributed by atoms with E-state index in [-0.39, 0.29) is 0 Å². The van der Waals surface area contributed by atoms with Gasteiger partial charge in [-0.2, -0.15) is 0 Å². The van der Waals surface area contributed by atoms with Gasteiger partial charge in [0.25, 0.3) is 0 Å². The molecule has 0 radical (unpaired) electrons. The fourth-order valence-corrected chi connectivity index (χ4v) is 2.83. The van der Waals surface area contributed by atoms with E-state index in [1.54, 1.807) is 7.11 Å². The van der Waals surface area contributed by atoms with Gasteiger partial charge in [0.2, 0.25) is 0 Å². The highest BCUT2D eigenvalue weighted by Gasteiger charge is 2.12. The Balaban J connectivity index is 2.20. The zero-order valence-electron chi connectivity index (χ0n) is 10.8. The van der Waals surface area contributed by atoms with Gasteiger partial charge in [0.15, 0.2) is 11.5 Å². The molecule has 0 saturated carbocycles. The van der Waals surface area contributed by atoms with Crippen LogP contribution in [-0.2, 0) is 11.9 Å². The van der Waals surface area contributed by atoms with E-state index in [4.69, 9.17) is 21.1 Å². The summed E-state index contributed by atoms with van der Waals surface area (Å²) in [5.41, 5.74) is 2.10. The Labute approximate surface area is 140 Å². The Kier molecular flexibility index (Phi) is 5.75. The molecule has 0 saturated heterocycles. The van der Waals surface area contributed by atoms with Gasteiger partial charge in [0.05, 0.1) is 12.1 Å². The average Bonchev–Trinajstić information content (AvgIpc) is 2.45. The van der Waals surface area contributed by atoms with Gasteiger partial charge in [-0.3, -0.25) is 0 Å². The molecule has 0 aromatic heterocycles. The maximum absolute atomic E-state index is 6.25. The average molecular weight is 421 g/mol. The summed E-state index contributed by atoms with van der Waals surface area (Å²) in [5, 5.41) is 1.27. The van der Waals surface area contributed by atoms with Crippen molar-refractivity contribution in [3.8, 4) is 11.5 Å². The van der Waals surface area contributed by atoms with E-state index in [2.05, 4.69) is 31.9 Å². The molecule has 106 valence electrons. The van der Waals surface area contributed by atoms with Gasteiger partial charge in [-0.25, -0.2) is 0 Å². The first kappa shape index (κ1) is 15.7. The van der Waals surface area contributed by atoms with Gasteiger partial charge in [0, 0.05) is 9.80 Å². The van der Waals surface area contributed by atoms with Crippen LogP contribution in [0.5, 0.6) is 11.5 Å². The monoisotopic (exact) mass is 418 g/mol. The van der Waals surface area contributed by atoms with Crippen LogP contribution >= 0.6 is 43.5 Å². The lowest BCUT2D eigenvalue weighted by atomic mass is 10.2. The van der Waals surface area contributed by atoms with Crippen LogP contribution in [-0.4, -0.2) is 7.11 Å². The molecular weight excluding hydrogens is 407 g/mol. The highest BCUT2D eigenvalue weighted by atomic mass is 79.9. The first-order chi connectivity index (χ1) is 9.63. The molecule has 0 atom stereocenters. The van der Waals surface area contributed by atoms with Crippen LogP contribution in [0.25, 0.3) is 0 Å². The molecular formula is C15H13Br2ClO2. The minimum Gasteiger partial charge on any atom is -0.493 e. The van der Waals surface area contributed by atoms with Crippen molar-refractivity contribution in [2.45, 2.75) is 11.9 Å². The Morgan fingerprint density at radius 1 is 1.15 bits per heavy atom. The topological polar surface area (TPSA) is 18.5 Å². The number of rotatable bonds is 5. The fraction of sp³-hybridized carbons (Fsp3) is 0.200. The molecule has 0 N–H and O–H groups in total. The van der Waals surface area contributed by atoms with E-state index in [0.29, 0.717) is 23.1 Å². The van der Waals surface area contributed by atoms with Crippen molar-refractivity contribution < 1.29 is 9.47 Å². The first-order valence-electron chi connectivity index (χ1n) is 5.93. The number of benzene rings is 2. The predicted molar refractivity (Wildman–Crippen MR) is 89.1 cm³/mol. The van der Waals surface area contributed by atoms with Gasteiger partial charge in [0.1, 0.15) is 6.61 Å². The lowest BCUT2D eigenvalue weighted by Crippen LogP contribution is -1.99. The first-order valence-corrected chi connectivity index (χ1v) is 8.23. The Morgan fingerprint density at radius 2 is 1.95 bits per heavy atom.